The van der Waals surface area contributed by atoms with E-state index in [4.69, 9.17) is 9.47 Å². The zero-order chi connectivity index (χ0) is 16.9. The fraction of sp³-hybridized carbons (Fsp3) is 0.833. The van der Waals surface area contributed by atoms with Crippen LogP contribution < -0.4 is 0 Å². The lowest BCUT2D eigenvalue weighted by Gasteiger charge is -2.34. The molecule has 5 nitrogen and oxygen atoms in total. The van der Waals surface area contributed by atoms with Crippen LogP contribution in [0.2, 0.25) is 0 Å². The summed E-state index contributed by atoms with van der Waals surface area (Å²) in [5.74, 6) is -0.984. The molecule has 2 fully saturated rings. The summed E-state index contributed by atoms with van der Waals surface area (Å²) in [5.41, 5.74) is -0.527. The first kappa shape index (κ1) is 18.0. The molecule has 0 radical (unpaired) electrons. The molecule has 0 N–H and O–H groups in total. The highest BCUT2D eigenvalue weighted by Crippen LogP contribution is 2.53. The maximum Gasteiger partial charge on any atom is 0.316 e. The molecule has 3 atom stereocenters. The van der Waals surface area contributed by atoms with Crippen molar-refractivity contribution in [3.63, 3.8) is 0 Å². The number of ketones is 1. The molecule has 5 heteroatoms. The van der Waals surface area contributed by atoms with E-state index in [1.54, 1.807) is 13.8 Å². The van der Waals surface area contributed by atoms with Crippen LogP contribution in [0.15, 0.2) is 0 Å². The van der Waals surface area contributed by atoms with Crippen molar-refractivity contribution >= 4 is 17.7 Å². The number of hydrogen-bond acceptors (Lipinski definition) is 5. The van der Waals surface area contributed by atoms with Gasteiger partial charge in [-0.15, -0.1) is 0 Å². The first-order valence-electron chi connectivity index (χ1n) is 8.91. The van der Waals surface area contributed by atoms with Crippen LogP contribution in [0.4, 0.5) is 0 Å². The molecule has 0 saturated heterocycles. The van der Waals surface area contributed by atoms with E-state index in [0.717, 1.165) is 32.1 Å². The minimum absolute atomic E-state index is 0.0141. The molecule has 2 aliphatic rings. The normalized spacial score (nSPS) is 30.4. The second-order valence-electron chi connectivity index (χ2n) is 6.65. The standard InChI is InChI=1S/C18H28O5/c1-3-22-15(19)10-12-18-11-6-8-13(18)7-5-9-14(16(18)20)17(21)23-4-2/h13-14H,3-12H2,1-2H3/t13-,14-,18-/m1/s1. The van der Waals surface area contributed by atoms with Gasteiger partial charge in [-0.2, -0.15) is 0 Å². The van der Waals surface area contributed by atoms with E-state index in [9.17, 15) is 14.4 Å². The van der Waals surface area contributed by atoms with Gasteiger partial charge in [-0.1, -0.05) is 12.8 Å². The SMILES string of the molecule is CCOC(=O)CC[C@]12CCC[C@H]1CCC[C@@H](C(=O)OCC)C2=O. The summed E-state index contributed by atoms with van der Waals surface area (Å²) < 4.78 is 10.1. The molecule has 0 aliphatic heterocycles. The second kappa shape index (κ2) is 7.93. The highest BCUT2D eigenvalue weighted by Gasteiger charge is 2.53. The Balaban J connectivity index is 2.18. The lowest BCUT2D eigenvalue weighted by atomic mass is 9.68. The van der Waals surface area contributed by atoms with Crippen molar-refractivity contribution in [3.05, 3.63) is 0 Å². The summed E-state index contributed by atoms with van der Waals surface area (Å²) in [4.78, 5) is 37.1. The molecule has 0 aromatic heterocycles. The second-order valence-corrected chi connectivity index (χ2v) is 6.65. The van der Waals surface area contributed by atoms with Crippen LogP contribution >= 0.6 is 0 Å². The van der Waals surface area contributed by atoms with Crippen LogP contribution in [0.25, 0.3) is 0 Å². The Kier molecular flexibility index (Phi) is 6.19. The van der Waals surface area contributed by atoms with Crippen molar-refractivity contribution in [2.75, 3.05) is 13.2 Å². The van der Waals surface area contributed by atoms with E-state index in [-0.39, 0.29) is 24.1 Å². The Morgan fingerprint density at radius 2 is 1.78 bits per heavy atom. The molecular weight excluding hydrogens is 296 g/mol. The van der Waals surface area contributed by atoms with E-state index >= 15 is 0 Å². The van der Waals surface area contributed by atoms with Gasteiger partial charge in [0.2, 0.25) is 0 Å². The molecule has 0 unspecified atom stereocenters. The van der Waals surface area contributed by atoms with Gasteiger partial charge in [0.25, 0.3) is 0 Å². The van der Waals surface area contributed by atoms with Crippen molar-refractivity contribution in [2.45, 2.75) is 65.2 Å². The maximum absolute atomic E-state index is 13.2. The van der Waals surface area contributed by atoms with Crippen LogP contribution in [0, 0.1) is 17.3 Å². The van der Waals surface area contributed by atoms with Gasteiger partial charge in [0.05, 0.1) is 13.2 Å². The Hall–Kier alpha value is -1.39. The molecule has 0 aromatic rings. The third-order valence-corrected chi connectivity index (χ3v) is 5.46. The molecule has 2 rings (SSSR count). The van der Waals surface area contributed by atoms with Crippen molar-refractivity contribution in [1.82, 2.24) is 0 Å². The highest BCUT2D eigenvalue weighted by atomic mass is 16.5. The van der Waals surface area contributed by atoms with Crippen LogP contribution in [0.5, 0.6) is 0 Å². The van der Waals surface area contributed by atoms with Crippen LogP contribution in [0.1, 0.15) is 65.2 Å². The average Bonchev–Trinajstić information content (AvgIpc) is 2.88. The molecule has 0 spiro atoms. The number of hydrogen-bond donors (Lipinski definition) is 0. The monoisotopic (exact) mass is 324 g/mol. The lowest BCUT2D eigenvalue weighted by molar-refractivity contribution is -0.155. The van der Waals surface area contributed by atoms with Gasteiger partial charge in [-0.05, 0) is 51.9 Å². The Labute approximate surface area is 138 Å². The quantitative estimate of drug-likeness (QED) is 0.555. The number of ether oxygens (including phenoxy) is 2. The maximum atomic E-state index is 13.2. The van der Waals surface area contributed by atoms with Gasteiger partial charge in [0.1, 0.15) is 5.92 Å². The predicted octanol–water partition coefficient (Wildman–Crippen LogP) is 3.05. The van der Waals surface area contributed by atoms with E-state index in [2.05, 4.69) is 0 Å². The Bertz CT molecular complexity index is 458. The number of carbonyl (C=O) groups excluding carboxylic acids is 3. The third-order valence-electron chi connectivity index (χ3n) is 5.46. The lowest BCUT2D eigenvalue weighted by Crippen LogP contribution is -2.41. The topological polar surface area (TPSA) is 69.7 Å². The third kappa shape index (κ3) is 3.75. The molecule has 2 saturated carbocycles. The van der Waals surface area contributed by atoms with Crippen LogP contribution in [-0.4, -0.2) is 30.9 Å². The minimum atomic E-state index is -0.653. The number of esters is 2. The predicted molar refractivity (Wildman–Crippen MR) is 84.6 cm³/mol. The number of carbonyl (C=O) groups is 3. The molecule has 0 heterocycles. The minimum Gasteiger partial charge on any atom is -0.466 e. The number of fused-ring (bicyclic) bond motifs is 1. The van der Waals surface area contributed by atoms with E-state index in [1.165, 1.54) is 0 Å². The average molecular weight is 324 g/mol. The van der Waals surface area contributed by atoms with Gasteiger partial charge in [0.15, 0.2) is 5.78 Å². The van der Waals surface area contributed by atoms with Gasteiger partial charge in [-0.25, -0.2) is 0 Å². The van der Waals surface area contributed by atoms with Gasteiger partial charge >= 0.3 is 11.9 Å². The fourth-order valence-corrected chi connectivity index (χ4v) is 4.41. The first-order valence-corrected chi connectivity index (χ1v) is 8.91. The molecule has 130 valence electrons. The summed E-state index contributed by atoms with van der Waals surface area (Å²) in [6, 6.07) is 0. The highest BCUT2D eigenvalue weighted by molar-refractivity contribution is 6.02. The number of rotatable bonds is 6. The zero-order valence-electron chi connectivity index (χ0n) is 14.3. The molecule has 0 amide bonds. The van der Waals surface area contributed by atoms with E-state index in [0.29, 0.717) is 32.0 Å². The summed E-state index contributed by atoms with van der Waals surface area (Å²) in [7, 11) is 0. The summed E-state index contributed by atoms with van der Waals surface area (Å²) in [6.07, 6.45) is 5.97. The number of Topliss-reactive ketones (excluding diaryl/α,β-unsaturated/α-hetero) is 1. The summed E-state index contributed by atoms with van der Waals surface area (Å²) in [6.45, 7) is 4.19. The van der Waals surface area contributed by atoms with Gasteiger partial charge < -0.3 is 9.47 Å². The van der Waals surface area contributed by atoms with E-state index < -0.39 is 11.3 Å². The van der Waals surface area contributed by atoms with Crippen molar-refractivity contribution < 1.29 is 23.9 Å². The molecule has 0 aromatic carbocycles. The Morgan fingerprint density at radius 1 is 1.09 bits per heavy atom. The summed E-state index contributed by atoms with van der Waals surface area (Å²) in [5, 5.41) is 0. The van der Waals surface area contributed by atoms with Crippen molar-refractivity contribution in [3.8, 4) is 0 Å². The molecular formula is C18H28O5. The van der Waals surface area contributed by atoms with Crippen LogP contribution in [-0.2, 0) is 23.9 Å². The van der Waals surface area contributed by atoms with Crippen molar-refractivity contribution in [2.24, 2.45) is 17.3 Å². The molecule has 2 aliphatic carbocycles. The van der Waals surface area contributed by atoms with E-state index in [1.807, 2.05) is 0 Å². The van der Waals surface area contributed by atoms with Gasteiger partial charge in [-0.3, -0.25) is 14.4 Å². The fourth-order valence-electron chi connectivity index (χ4n) is 4.41. The smallest absolute Gasteiger partial charge is 0.316 e. The van der Waals surface area contributed by atoms with Crippen molar-refractivity contribution in [1.29, 1.82) is 0 Å². The largest absolute Gasteiger partial charge is 0.466 e. The van der Waals surface area contributed by atoms with Gasteiger partial charge in [0, 0.05) is 11.8 Å². The zero-order valence-corrected chi connectivity index (χ0v) is 14.3. The van der Waals surface area contributed by atoms with Crippen LogP contribution in [0.3, 0.4) is 0 Å². The summed E-state index contributed by atoms with van der Waals surface area (Å²) >= 11 is 0. The Morgan fingerprint density at radius 3 is 2.48 bits per heavy atom. The molecule has 23 heavy (non-hydrogen) atoms. The first-order chi connectivity index (χ1) is 11.0. The molecule has 0 bridgehead atoms.